The maximum absolute atomic E-state index is 11.0. The van der Waals surface area contributed by atoms with Gasteiger partial charge in [0.1, 0.15) is 5.78 Å². The zero-order valence-corrected chi connectivity index (χ0v) is 8.12. The van der Waals surface area contributed by atoms with Crippen molar-refractivity contribution < 1.29 is 19.1 Å². The Balaban J connectivity index is 0. The third-order valence-corrected chi connectivity index (χ3v) is 1.48. The van der Waals surface area contributed by atoms with E-state index < -0.39 is 11.8 Å². The Kier molecular flexibility index (Phi) is 9.45. The Labute approximate surface area is 106 Å². The minimum atomic E-state index is -0.920. The van der Waals surface area contributed by atoms with Gasteiger partial charge in [0.15, 0.2) is 0 Å². The monoisotopic (exact) mass is 210 g/mol. The van der Waals surface area contributed by atoms with E-state index in [0.29, 0.717) is 0 Å². The summed E-state index contributed by atoms with van der Waals surface area (Å²) >= 11 is 0. The predicted molar refractivity (Wildman–Crippen MR) is 53.3 cm³/mol. The summed E-state index contributed by atoms with van der Waals surface area (Å²) < 4.78 is 4.44. The minimum absolute atomic E-state index is 0. The van der Waals surface area contributed by atoms with Gasteiger partial charge < -0.3 is 4.74 Å². The van der Waals surface area contributed by atoms with Gasteiger partial charge in [0, 0.05) is 5.92 Å². The molecule has 0 atom stereocenters. The van der Waals surface area contributed by atoms with E-state index in [-0.39, 0.29) is 54.3 Å². The molecule has 76 valence electrons. The van der Waals surface area contributed by atoms with Crippen LogP contribution >= 0.6 is 0 Å². The van der Waals surface area contributed by atoms with Gasteiger partial charge in [-0.25, -0.2) is 4.79 Å². The number of esters is 1. The van der Waals surface area contributed by atoms with Crippen LogP contribution in [0.4, 0.5) is 0 Å². The van der Waals surface area contributed by atoms with Crippen LogP contribution in [-0.4, -0.2) is 53.7 Å². The van der Waals surface area contributed by atoms with Gasteiger partial charge in [-0.3, -0.25) is 9.59 Å². The van der Waals surface area contributed by atoms with Crippen LogP contribution in [0.1, 0.15) is 27.2 Å². The number of carbonyl (C=O) groups excluding carboxylic acids is 3. The number of carbonyl (C=O) groups is 3. The van der Waals surface area contributed by atoms with E-state index in [4.69, 9.17) is 0 Å². The van der Waals surface area contributed by atoms with Crippen molar-refractivity contribution in [2.24, 2.45) is 5.92 Å². The van der Waals surface area contributed by atoms with Gasteiger partial charge >= 0.3 is 35.5 Å². The zero-order chi connectivity index (χ0) is 10.4. The Morgan fingerprint density at radius 1 is 1.21 bits per heavy atom. The molecule has 0 unspecified atom stereocenters. The summed E-state index contributed by atoms with van der Waals surface area (Å²) in [4.78, 5) is 32.8. The van der Waals surface area contributed by atoms with Crippen molar-refractivity contribution in [1.82, 2.24) is 0 Å². The van der Waals surface area contributed by atoms with Gasteiger partial charge in [-0.2, -0.15) is 0 Å². The normalized spacial score (nSPS) is 9.14. The van der Waals surface area contributed by atoms with Crippen molar-refractivity contribution in [3.8, 4) is 0 Å². The van der Waals surface area contributed by atoms with Crippen molar-refractivity contribution in [3.05, 3.63) is 0 Å². The van der Waals surface area contributed by atoms with Crippen LogP contribution in [0.15, 0.2) is 0 Å². The molecule has 0 saturated heterocycles. The van der Waals surface area contributed by atoms with E-state index in [1.165, 1.54) is 0 Å². The Hall–Kier alpha value is -0.190. The van der Waals surface area contributed by atoms with Gasteiger partial charge in [-0.05, 0) is 6.92 Å². The first-order valence-corrected chi connectivity index (χ1v) is 4.21. The SMILES string of the molecule is CCOC(=O)C(=O)CC(=O)C(C)C.[NaH]. The van der Waals surface area contributed by atoms with Gasteiger partial charge in [-0.15, -0.1) is 0 Å². The fourth-order valence-corrected chi connectivity index (χ4v) is 0.646. The maximum atomic E-state index is 11.0. The second-order valence-electron chi connectivity index (χ2n) is 2.94. The molecule has 0 bridgehead atoms. The standard InChI is InChI=1S/C9H14O4.Na.H/c1-4-13-9(12)8(11)5-7(10)6(2)3;;/h6H,4-5H2,1-3H3;;. The topological polar surface area (TPSA) is 60.4 Å². The van der Waals surface area contributed by atoms with E-state index in [9.17, 15) is 14.4 Å². The van der Waals surface area contributed by atoms with Crippen molar-refractivity contribution >= 4 is 47.1 Å². The van der Waals surface area contributed by atoms with Gasteiger partial charge in [0.05, 0.1) is 13.0 Å². The number of Topliss-reactive ketones (excluding diaryl/α,β-unsaturated/α-hetero) is 2. The molecular formula is C9H15NaO4. The molecule has 0 aromatic rings. The van der Waals surface area contributed by atoms with E-state index >= 15 is 0 Å². The van der Waals surface area contributed by atoms with Crippen molar-refractivity contribution in [3.63, 3.8) is 0 Å². The number of hydrogen-bond acceptors (Lipinski definition) is 4. The molecule has 0 rings (SSSR count). The number of rotatable bonds is 5. The van der Waals surface area contributed by atoms with Crippen LogP contribution in [0, 0.1) is 5.92 Å². The molecule has 0 aliphatic heterocycles. The second-order valence-corrected chi connectivity index (χ2v) is 2.94. The summed E-state index contributed by atoms with van der Waals surface area (Å²) in [5.41, 5.74) is 0. The second kappa shape index (κ2) is 8.15. The fraction of sp³-hybridized carbons (Fsp3) is 0.667. The third kappa shape index (κ3) is 6.29. The molecule has 0 aliphatic carbocycles. The molecule has 0 aromatic heterocycles. The van der Waals surface area contributed by atoms with Crippen molar-refractivity contribution in [2.45, 2.75) is 27.2 Å². The molecule has 0 fully saturated rings. The summed E-state index contributed by atoms with van der Waals surface area (Å²) in [6.45, 7) is 5.12. The molecular weight excluding hydrogens is 195 g/mol. The fourth-order valence-electron chi connectivity index (χ4n) is 0.646. The summed E-state index contributed by atoms with van der Waals surface area (Å²) in [6.07, 6.45) is -0.351. The molecule has 0 heterocycles. The molecule has 0 N–H and O–H groups in total. The Bertz CT molecular complexity index is 223. The van der Waals surface area contributed by atoms with Crippen LogP contribution in [0.2, 0.25) is 0 Å². The molecule has 14 heavy (non-hydrogen) atoms. The van der Waals surface area contributed by atoms with Crippen LogP contribution in [0.3, 0.4) is 0 Å². The molecule has 0 saturated carbocycles. The quantitative estimate of drug-likeness (QED) is 0.279. The average molecular weight is 210 g/mol. The summed E-state index contributed by atoms with van der Waals surface area (Å²) in [5.74, 6) is -2.14. The molecule has 0 aliphatic rings. The third-order valence-electron chi connectivity index (χ3n) is 1.48. The molecule has 4 nitrogen and oxygen atoms in total. The Morgan fingerprint density at radius 3 is 2.07 bits per heavy atom. The van der Waals surface area contributed by atoms with Crippen LogP contribution < -0.4 is 0 Å². The van der Waals surface area contributed by atoms with Gasteiger partial charge in [0.25, 0.3) is 0 Å². The first-order chi connectivity index (χ1) is 5.99. The number of ketones is 2. The van der Waals surface area contributed by atoms with E-state index in [0.717, 1.165) is 0 Å². The molecule has 0 amide bonds. The average Bonchev–Trinajstić information content (AvgIpc) is 2.04. The zero-order valence-electron chi connectivity index (χ0n) is 8.12. The van der Waals surface area contributed by atoms with Crippen molar-refractivity contribution in [2.75, 3.05) is 6.61 Å². The number of hydrogen-bond donors (Lipinski definition) is 0. The molecule has 5 heteroatoms. The van der Waals surface area contributed by atoms with Crippen LogP contribution in [-0.2, 0) is 19.1 Å². The van der Waals surface area contributed by atoms with Gasteiger partial charge in [-0.1, -0.05) is 13.8 Å². The molecule has 0 radical (unpaired) electrons. The summed E-state index contributed by atoms with van der Waals surface area (Å²) in [6, 6.07) is 0. The first-order valence-electron chi connectivity index (χ1n) is 4.21. The van der Waals surface area contributed by atoms with Crippen LogP contribution in [0.25, 0.3) is 0 Å². The van der Waals surface area contributed by atoms with Crippen molar-refractivity contribution in [1.29, 1.82) is 0 Å². The summed E-state index contributed by atoms with van der Waals surface area (Å²) in [7, 11) is 0. The molecule has 0 spiro atoms. The van der Waals surface area contributed by atoms with Gasteiger partial charge in [0.2, 0.25) is 5.78 Å². The first kappa shape index (κ1) is 16.2. The Morgan fingerprint density at radius 2 is 1.71 bits per heavy atom. The predicted octanol–water partition coefficient (Wildman–Crippen LogP) is 0.0853. The van der Waals surface area contributed by atoms with E-state index in [2.05, 4.69) is 4.74 Å². The summed E-state index contributed by atoms with van der Waals surface area (Å²) in [5, 5.41) is 0. The van der Waals surface area contributed by atoms with E-state index in [1.807, 2.05) is 0 Å². The van der Waals surface area contributed by atoms with Crippen LogP contribution in [0.5, 0.6) is 0 Å². The number of ether oxygens (including phenoxy) is 1. The van der Waals surface area contributed by atoms with E-state index in [1.54, 1.807) is 20.8 Å². The molecule has 0 aromatic carbocycles.